The maximum Gasteiger partial charge on any atom is 0.348 e. The van der Waals surface area contributed by atoms with Crippen LogP contribution in [0, 0.1) is 18.3 Å². The highest BCUT2D eigenvalue weighted by Crippen LogP contribution is 2.33. The lowest BCUT2D eigenvalue weighted by Gasteiger charge is -2.18. The summed E-state index contributed by atoms with van der Waals surface area (Å²) in [7, 11) is 0. The third-order valence-corrected chi connectivity index (χ3v) is 6.05. The van der Waals surface area contributed by atoms with Crippen LogP contribution < -0.4 is 9.47 Å². The topological polar surface area (TPSA) is 112 Å². The lowest BCUT2D eigenvalue weighted by atomic mass is 10.0. The van der Waals surface area contributed by atoms with E-state index in [1.54, 1.807) is 39.0 Å². The van der Waals surface area contributed by atoms with Crippen molar-refractivity contribution >= 4 is 35.1 Å². The van der Waals surface area contributed by atoms with Gasteiger partial charge in [0.25, 0.3) is 0 Å². The van der Waals surface area contributed by atoms with Gasteiger partial charge in [0.1, 0.15) is 24.2 Å². The number of carbonyl (C=O) groups excluding carboxylic acids is 3. The molecule has 33 heavy (non-hydrogen) atoms. The number of rotatable bonds is 8. The molecule has 0 aliphatic carbocycles. The molecule has 0 bridgehead atoms. The van der Waals surface area contributed by atoms with E-state index in [1.807, 2.05) is 6.07 Å². The van der Waals surface area contributed by atoms with E-state index >= 15 is 0 Å². The SMILES string of the molecule is CCOC(=O)c1sc(CC(=O)C(C#N)=Cc2ccc3c(c2)OCCO3)c(C(=O)OCC)c1C. The van der Waals surface area contributed by atoms with Gasteiger partial charge in [0.15, 0.2) is 17.3 Å². The maximum atomic E-state index is 13.0. The van der Waals surface area contributed by atoms with E-state index in [1.165, 1.54) is 6.08 Å². The minimum atomic E-state index is -0.626. The molecule has 1 aliphatic heterocycles. The lowest BCUT2D eigenvalue weighted by Crippen LogP contribution is -2.15. The molecule has 0 spiro atoms. The van der Waals surface area contributed by atoms with Crippen molar-refractivity contribution in [3.63, 3.8) is 0 Å². The number of allylic oxidation sites excluding steroid dienone is 1. The molecule has 1 aliphatic rings. The van der Waals surface area contributed by atoms with Crippen molar-refractivity contribution in [2.24, 2.45) is 0 Å². The van der Waals surface area contributed by atoms with Crippen LogP contribution in [0.3, 0.4) is 0 Å². The second-order valence-electron chi connectivity index (χ2n) is 6.97. The minimum Gasteiger partial charge on any atom is -0.486 e. The Labute approximate surface area is 195 Å². The summed E-state index contributed by atoms with van der Waals surface area (Å²) in [5.41, 5.74) is 1.07. The van der Waals surface area contributed by atoms with Gasteiger partial charge in [0.05, 0.1) is 24.4 Å². The van der Waals surface area contributed by atoms with Gasteiger partial charge in [-0.15, -0.1) is 11.3 Å². The van der Waals surface area contributed by atoms with Crippen molar-refractivity contribution in [3.8, 4) is 17.6 Å². The first-order chi connectivity index (χ1) is 15.9. The Morgan fingerprint density at radius 1 is 1.09 bits per heavy atom. The van der Waals surface area contributed by atoms with Crippen molar-refractivity contribution in [3.05, 3.63) is 50.2 Å². The van der Waals surface area contributed by atoms with Gasteiger partial charge >= 0.3 is 11.9 Å². The van der Waals surface area contributed by atoms with Crippen LogP contribution in [0.1, 0.15) is 49.9 Å². The predicted octanol–water partition coefficient (Wildman–Crippen LogP) is 3.90. The van der Waals surface area contributed by atoms with Crippen LogP contribution in [-0.4, -0.2) is 44.1 Å². The Kier molecular flexibility index (Phi) is 7.85. The first-order valence-corrected chi connectivity index (χ1v) is 11.2. The van der Waals surface area contributed by atoms with E-state index in [-0.39, 0.29) is 35.6 Å². The highest BCUT2D eigenvalue weighted by Gasteiger charge is 2.28. The molecule has 0 unspecified atom stereocenters. The molecule has 2 aromatic rings. The predicted molar refractivity (Wildman–Crippen MR) is 121 cm³/mol. The molecule has 0 atom stereocenters. The summed E-state index contributed by atoms with van der Waals surface area (Å²) in [6.07, 6.45) is 1.22. The number of esters is 2. The van der Waals surface area contributed by atoms with Gasteiger partial charge in [-0.05, 0) is 50.1 Å². The zero-order valence-corrected chi connectivity index (χ0v) is 19.4. The second-order valence-corrected chi connectivity index (χ2v) is 8.07. The van der Waals surface area contributed by atoms with E-state index in [9.17, 15) is 19.6 Å². The summed E-state index contributed by atoms with van der Waals surface area (Å²) < 4.78 is 21.2. The van der Waals surface area contributed by atoms with E-state index in [0.29, 0.717) is 40.7 Å². The number of nitriles is 1. The van der Waals surface area contributed by atoms with Crippen LogP contribution >= 0.6 is 11.3 Å². The van der Waals surface area contributed by atoms with Crippen LogP contribution in [0.15, 0.2) is 23.8 Å². The molecule has 0 fully saturated rings. The smallest absolute Gasteiger partial charge is 0.348 e. The largest absolute Gasteiger partial charge is 0.486 e. The van der Waals surface area contributed by atoms with Gasteiger partial charge in [-0.2, -0.15) is 5.26 Å². The Morgan fingerprint density at radius 3 is 2.42 bits per heavy atom. The van der Waals surface area contributed by atoms with Crippen LogP contribution in [0.25, 0.3) is 6.08 Å². The van der Waals surface area contributed by atoms with E-state index in [2.05, 4.69) is 0 Å². The maximum absolute atomic E-state index is 13.0. The average molecular weight is 470 g/mol. The second kappa shape index (κ2) is 10.8. The quantitative estimate of drug-likeness (QED) is 0.325. The summed E-state index contributed by atoms with van der Waals surface area (Å²) in [5.74, 6) is -0.551. The molecule has 1 aromatic carbocycles. The molecule has 172 valence electrons. The summed E-state index contributed by atoms with van der Waals surface area (Å²) in [5, 5.41) is 9.60. The summed E-state index contributed by atoms with van der Waals surface area (Å²) in [4.78, 5) is 38.4. The highest BCUT2D eigenvalue weighted by molar-refractivity contribution is 7.14. The number of ketones is 1. The van der Waals surface area contributed by atoms with Crippen molar-refractivity contribution in [2.45, 2.75) is 27.2 Å². The van der Waals surface area contributed by atoms with E-state index in [4.69, 9.17) is 18.9 Å². The standard InChI is InChI=1S/C24H23NO7S/c1-4-29-23(27)21-14(3)22(24(28)30-5-2)33-20(21)12-17(26)16(13-25)10-15-6-7-18-19(11-15)32-9-8-31-18/h6-7,10-11H,4-5,8-9,12H2,1-3H3. The molecule has 0 saturated carbocycles. The van der Waals surface area contributed by atoms with E-state index in [0.717, 1.165) is 11.3 Å². The molecule has 0 radical (unpaired) electrons. The molecule has 0 amide bonds. The molecular weight excluding hydrogens is 446 g/mol. The molecule has 2 heterocycles. The van der Waals surface area contributed by atoms with Gasteiger partial charge < -0.3 is 18.9 Å². The van der Waals surface area contributed by atoms with Crippen molar-refractivity contribution < 1.29 is 33.3 Å². The minimum absolute atomic E-state index is 0.0924. The Hall–Kier alpha value is -3.64. The molecule has 1 aromatic heterocycles. The normalized spacial score (nSPS) is 12.6. The monoisotopic (exact) mass is 469 g/mol. The van der Waals surface area contributed by atoms with E-state index < -0.39 is 17.7 Å². The third kappa shape index (κ3) is 5.41. The van der Waals surface area contributed by atoms with Crippen LogP contribution in [0.2, 0.25) is 0 Å². The zero-order chi connectivity index (χ0) is 24.0. The van der Waals surface area contributed by atoms with Gasteiger partial charge in [0.2, 0.25) is 0 Å². The van der Waals surface area contributed by atoms with Gasteiger partial charge in [0, 0.05) is 11.3 Å². The summed E-state index contributed by atoms with van der Waals surface area (Å²) >= 11 is 1.00. The number of carbonyl (C=O) groups is 3. The number of hydrogen-bond acceptors (Lipinski definition) is 9. The van der Waals surface area contributed by atoms with Gasteiger partial charge in [-0.25, -0.2) is 9.59 Å². The fraction of sp³-hybridized carbons (Fsp3) is 0.333. The summed E-state index contributed by atoms with van der Waals surface area (Å²) in [6.45, 7) is 6.15. The number of thiophene rings is 1. The Balaban J connectivity index is 1.92. The lowest BCUT2D eigenvalue weighted by molar-refractivity contribution is -0.114. The number of benzene rings is 1. The van der Waals surface area contributed by atoms with Crippen LogP contribution in [-0.2, 0) is 20.7 Å². The molecule has 3 rings (SSSR count). The Morgan fingerprint density at radius 2 is 1.76 bits per heavy atom. The van der Waals surface area contributed by atoms with Crippen molar-refractivity contribution in [1.29, 1.82) is 5.26 Å². The molecular formula is C24H23NO7S. The van der Waals surface area contributed by atoms with Crippen molar-refractivity contribution in [1.82, 2.24) is 0 Å². The Bertz CT molecular complexity index is 1160. The molecule has 0 saturated heterocycles. The first kappa shape index (κ1) is 24.0. The summed E-state index contributed by atoms with van der Waals surface area (Å²) in [6, 6.07) is 7.05. The van der Waals surface area contributed by atoms with Crippen LogP contribution in [0.5, 0.6) is 11.5 Å². The average Bonchev–Trinajstić information content (AvgIpc) is 3.13. The first-order valence-electron chi connectivity index (χ1n) is 10.4. The highest BCUT2D eigenvalue weighted by atomic mass is 32.1. The number of hydrogen-bond donors (Lipinski definition) is 0. The fourth-order valence-corrected chi connectivity index (χ4v) is 4.48. The van der Waals surface area contributed by atoms with Crippen molar-refractivity contribution in [2.75, 3.05) is 26.4 Å². The van der Waals surface area contributed by atoms with Gasteiger partial charge in [-0.3, -0.25) is 4.79 Å². The molecule has 0 N–H and O–H groups in total. The third-order valence-electron chi connectivity index (χ3n) is 4.78. The molecule has 8 nitrogen and oxygen atoms in total. The fourth-order valence-electron chi connectivity index (χ4n) is 3.29. The number of fused-ring (bicyclic) bond motifs is 1. The van der Waals surface area contributed by atoms with Crippen LogP contribution in [0.4, 0.5) is 0 Å². The van der Waals surface area contributed by atoms with Gasteiger partial charge in [-0.1, -0.05) is 6.07 Å². The number of nitrogens with zero attached hydrogens (tertiary/aromatic N) is 1. The zero-order valence-electron chi connectivity index (χ0n) is 18.6. The number of ether oxygens (including phenoxy) is 4. The number of Topliss-reactive ketones (excluding diaryl/α,β-unsaturated/α-hetero) is 1. The molecule has 9 heteroatoms.